The van der Waals surface area contributed by atoms with E-state index in [1.807, 2.05) is 0 Å². The van der Waals surface area contributed by atoms with Crippen molar-refractivity contribution < 1.29 is 31.1 Å². The molecule has 3 aromatic rings. The molecular formula is C21H17Cl2F3N2O4S. The number of ether oxygens (including phenoxy) is 1. The van der Waals surface area contributed by atoms with Crippen molar-refractivity contribution in [3.63, 3.8) is 0 Å². The lowest BCUT2D eigenvalue weighted by Gasteiger charge is -2.14. The Labute approximate surface area is 197 Å². The van der Waals surface area contributed by atoms with Gasteiger partial charge < -0.3 is 4.74 Å². The summed E-state index contributed by atoms with van der Waals surface area (Å²) in [4.78, 5) is 12.0. The van der Waals surface area contributed by atoms with Gasteiger partial charge in [0.15, 0.2) is 15.5 Å². The fourth-order valence-electron chi connectivity index (χ4n) is 3.20. The molecule has 0 spiro atoms. The van der Waals surface area contributed by atoms with E-state index in [0.717, 1.165) is 6.26 Å². The van der Waals surface area contributed by atoms with Crippen molar-refractivity contribution in [2.45, 2.75) is 24.5 Å². The van der Waals surface area contributed by atoms with Gasteiger partial charge in [0.1, 0.15) is 12.2 Å². The molecule has 0 radical (unpaired) electrons. The molecule has 1 heterocycles. The van der Waals surface area contributed by atoms with Crippen LogP contribution >= 0.6 is 23.2 Å². The zero-order valence-corrected chi connectivity index (χ0v) is 19.6. The van der Waals surface area contributed by atoms with E-state index in [0.29, 0.717) is 4.68 Å². The zero-order valence-electron chi connectivity index (χ0n) is 17.3. The fourth-order valence-corrected chi connectivity index (χ4v) is 4.34. The van der Waals surface area contributed by atoms with Gasteiger partial charge in [0, 0.05) is 28.0 Å². The van der Waals surface area contributed by atoms with E-state index >= 15 is 0 Å². The number of benzene rings is 2. The number of sulfone groups is 1. The van der Waals surface area contributed by atoms with Crippen LogP contribution in [0.4, 0.5) is 13.2 Å². The summed E-state index contributed by atoms with van der Waals surface area (Å²) in [6.07, 6.45) is -3.90. The van der Waals surface area contributed by atoms with Gasteiger partial charge in [-0.3, -0.25) is 4.79 Å². The lowest BCUT2D eigenvalue weighted by atomic mass is 9.98. The highest BCUT2D eigenvalue weighted by molar-refractivity contribution is 7.90. The standard InChI is InChI=1S/C21H17Cl2F3N2O4S/c1-3-32-17(29)11-28-20(21(24,25)26)18(15-9-6-13(22)10-16(15)23)19(27-28)12-4-7-14(8-5-12)33(2,30)31/h4-10H,3,11H2,1-2H3. The number of alkyl halides is 3. The first-order valence-electron chi connectivity index (χ1n) is 9.42. The monoisotopic (exact) mass is 520 g/mol. The minimum absolute atomic E-state index is 0.00862. The van der Waals surface area contributed by atoms with Gasteiger partial charge in [0.2, 0.25) is 0 Å². The molecule has 0 N–H and O–H groups in total. The summed E-state index contributed by atoms with van der Waals surface area (Å²) in [7, 11) is -3.53. The van der Waals surface area contributed by atoms with E-state index in [1.165, 1.54) is 49.4 Å². The molecule has 0 aliphatic rings. The average molecular weight is 521 g/mol. The largest absolute Gasteiger partial charge is 0.465 e. The van der Waals surface area contributed by atoms with Gasteiger partial charge in [-0.05, 0) is 31.2 Å². The third-order valence-electron chi connectivity index (χ3n) is 4.56. The highest BCUT2D eigenvalue weighted by atomic mass is 35.5. The van der Waals surface area contributed by atoms with Gasteiger partial charge >= 0.3 is 12.1 Å². The van der Waals surface area contributed by atoms with E-state index in [9.17, 15) is 26.4 Å². The number of nitrogens with zero attached hydrogens (tertiary/aromatic N) is 2. The molecule has 0 unspecified atom stereocenters. The maximum Gasteiger partial charge on any atom is 0.433 e. The van der Waals surface area contributed by atoms with Crippen LogP contribution in [-0.2, 0) is 32.1 Å². The SMILES string of the molecule is CCOC(=O)Cn1nc(-c2ccc(S(C)(=O)=O)cc2)c(-c2ccc(Cl)cc2Cl)c1C(F)(F)F. The summed E-state index contributed by atoms with van der Waals surface area (Å²) < 4.78 is 71.5. The lowest BCUT2D eigenvalue weighted by molar-refractivity contribution is -0.149. The van der Waals surface area contributed by atoms with E-state index in [2.05, 4.69) is 5.10 Å². The van der Waals surface area contributed by atoms with Crippen molar-refractivity contribution in [2.75, 3.05) is 12.9 Å². The molecule has 176 valence electrons. The molecule has 33 heavy (non-hydrogen) atoms. The predicted molar refractivity (Wildman–Crippen MR) is 118 cm³/mol. The highest BCUT2D eigenvalue weighted by Gasteiger charge is 2.41. The van der Waals surface area contributed by atoms with Crippen molar-refractivity contribution in [1.82, 2.24) is 9.78 Å². The molecule has 0 fully saturated rings. The molecule has 0 aliphatic heterocycles. The van der Waals surface area contributed by atoms with Crippen LogP contribution in [0.1, 0.15) is 12.6 Å². The Hall–Kier alpha value is -2.56. The Balaban J connectivity index is 2.33. The summed E-state index contributed by atoms with van der Waals surface area (Å²) in [5.41, 5.74) is -1.54. The van der Waals surface area contributed by atoms with Gasteiger partial charge in [-0.1, -0.05) is 41.4 Å². The lowest BCUT2D eigenvalue weighted by Crippen LogP contribution is -2.21. The molecule has 0 bridgehead atoms. The summed E-state index contributed by atoms with van der Waals surface area (Å²) in [6.45, 7) is 0.721. The van der Waals surface area contributed by atoms with E-state index in [-0.39, 0.29) is 43.9 Å². The van der Waals surface area contributed by atoms with Crippen molar-refractivity contribution >= 4 is 39.0 Å². The van der Waals surface area contributed by atoms with Crippen molar-refractivity contribution in [3.8, 4) is 22.4 Å². The van der Waals surface area contributed by atoms with E-state index in [1.54, 1.807) is 0 Å². The molecule has 0 aliphatic carbocycles. The second-order valence-electron chi connectivity index (χ2n) is 6.95. The van der Waals surface area contributed by atoms with Gasteiger partial charge in [0.05, 0.1) is 16.5 Å². The molecule has 3 rings (SSSR count). The topological polar surface area (TPSA) is 78.3 Å². The van der Waals surface area contributed by atoms with Crippen LogP contribution in [0.3, 0.4) is 0 Å². The average Bonchev–Trinajstić information content (AvgIpc) is 3.06. The molecule has 0 amide bonds. The first-order valence-corrected chi connectivity index (χ1v) is 12.1. The van der Waals surface area contributed by atoms with Crippen molar-refractivity contribution in [3.05, 3.63) is 58.2 Å². The van der Waals surface area contributed by atoms with E-state index < -0.39 is 34.2 Å². The number of carbonyl (C=O) groups is 1. The maximum atomic E-state index is 14.2. The highest BCUT2D eigenvalue weighted by Crippen LogP contribution is 2.45. The molecule has 12 heteroatoms. The number of carbonyl (C=O) groups excluding carboxylic acids is 1. The Morgan fingerprint density at radius 3 is 2.27 bits per heavy atom. The predicted octanol–water partition coefficient (Wildman–Crippen LogP) is 5.51. The van der Waals surface area contributed by atoms with Crippen LogP contribution in [0.5, 0.6) is 0 Å². The number of esters is 1. The van der Waals surface area contributed by atoms with Crippen LogP contribution in [0.2, 0.25) is 10.0 Å². The molecular weight excluding hydrogens is 504 g/mol. The van der Waals surface area contributed by atoms with Crippen molar-refractivity contribution in [2.24, 2.45) is 0 Å². The van der Waals surface area contributed by atoms with Crippen LogP contribution < -0.4 is 0 Å². The molecule has 1 aromatic heterocycles. The third kappa shape index (κ3) is 5.51. The van der Waals surface area contributed by atoms with Crippen LogP contribution in [0.15, 0.2) is 47.4 Å². The Morgan fingerprint density at radius 2 is 1.76 bits per heavy atom. The molecule has 6 nitrogen and oxygen atoms in total. The Kier molecular flexibility index (Phi) is 7.11. The Morgan fingerprint density at radius 1 is 1.12 bits per heavy atom. The van der Waals surface area contributed by atoms with Crippen LogP contribution in [-0.4, -0.2) is 37.0 Å². The third-order valence-corrected chi connectivity index (χ3v) is 6.24. The maximum absolute atomic E-state index is 14.2. The number of halogens is 5. The van der Waals surface area contributed by atoms with Crippen molar-refractivity contribution in [1.29, 1.82) is 0 Å². The van der Waals surface area contributed by atoms with Gasteiger partial charge in [0.25, 0.3) is 0 Å². The summed E-state index contributed by atoms with van der Waals surface area (Å²) in [5.74, 6) is -0.904. The smallest absolute Gasteiger partial charge is 0.433 e. The number of aromatic nitrogens is 2. The molecule has 0 atom stereocenters. The number of hydrogen-bond acceptors (Lipinski definition) is 5. The van der Waals surface area contributed by atoms with Gasteiger partial charge in [-0.2, -0.15) is 18.3 Å². The molecule has 0 saturated heterocycles. The summed E-state index contributed by atoms with van der Waals surface area (Å²) in [5, 5.41) is 4.22. The summed E-state index contributed by atoms with van der Waals surface area (Å²) in [6, 6.07) is 9.17. The second kappa shape index (κ2) is 9.36. The first kappa shape index (κ1) is 25.1. The quantitative estimate of drug-likeness (QED) is 0.400. The molecule has 0 saturated carbocycles. The fraction of sp³-hybridized carbons (Fsp3) is 0.238. The van der Waals surface area contributed by atoms with Crippen LogP contribution in [0, 0.1) is 0 Å². The van der Waals surface area contributed by atoms with Gasteiger partial charge in [-0.15, -0.1) is 0 Å². The minimum Gasteiger partial charge on any atom is -0.465 e. The van der Waals surface area contributed by atoms with E-state index in [4.69, 9.17) is 27.9 Å². The van der Waals surface area contributed by atoms with Crippen LogP contribution in [0.25, 0.3) is 22.4 Å². The molecule has 2 aromatic carbocycles. The Bertz CT molecular complexity index is 1300. The van der Waals surface area contributed by atoms with Gasteiger partial charge in [-0.25, -0.2) is 13.1 Å². The first-order chi connectivity index (χ1) is 15.3. The number of rotatable bonds is 6. The number of hydrogen-bond donors (Lipinski definition) is 0. The normalized spacial score (nSPS) is 12.1. The second-order valence-corrected chi connectivity index (χ2v) is 9.81. The summed E-state index contributed by atoms with van der Waals surface area (Å²) >= 11 is 12.1. The minimum atomic E-state index is -4.91. The zero-order chi connectivity index (χ0) is 24.6.